The number of carbonyl (C=O) groups is 2. The van der Waals surface area contributed by atoms with Crippen molar-refractivity contribution in [3.05, 3.63) is 89.5 Å². The summed E-state index contributed by atoms with van der Waals surface area (Å²) in [6, 6.07) is 20.0. The lowest BCUT2D eigenvalue weighted by atomic mass is 10.1. The number of sulfonamides is 1. The summed E-state index contributed by atoms with van der Waals surface area (Å²) in [5.41, 5.74) is 3.00. The number of unbranched alkanes of at least 4 members (excludes halogenated alkanes) is 1. The highest BCUT2D eigenvalue weighted by atomic mass is 32.2. The van der Waals surface area contributed by atoms with E-state index in [1.165, 1.54) is 17.0 Å². The number of anilines is 1. The SMILES string of the molecule is CCCCNC(=O)[C@@H](C)N(Cc1ccccc1C)C(=O)CN(c1ccccc1OCC)S(=O)(=O)c1ccc(C)cc1. The molecule has 2 amide bonds. The Labute approximate surface area is 244 Å². The molecule has 0 aliphatic carbocycles. The van der Waals surface area contributed by atoms with Crippen LogP contribution in [0, 0.1) is 13.8 Å². The molecular formula is C32H41N3O5S. The Balaban J connectivity index is 2.06. The number of aryl methyl sites for hydroxylation is 2. The highest BCUT2D eigenvalue weighted by molar-refractivity contribution is 7.92. The van der Waals surface area contributed by atoms with Gasteiger partial charge in [-0.3, -0.25) is 13.9 Å². The molecular weight excluding hydrogens is 538 g/mol. The molecule has 0 fully saturated rings. The molecule has 0 heterocycles. The van der Waals surface area contributed by atoms with Crippen LogP contribution in [0.3, 0.4) is 0 Å². The molecule has 0 aliphatic heterocycles. The third kappa shape index (κ3) is 8.10. The minimum absolute atomic E-state index is 0.0537. The summed E-state index contributed by atoms with van der Waals surface area (Å²) in [5.74, 6) is -0.453. The topological polar surface area (TPSA) is 96.0 Å². The fourth-order valence-corrected chi connectivity index (χ4v) is 5.81. The van der Waals surface area contributed by atoms with Gasteiger partial charge >= 0.3 is 0 Å². The molecule has 9 heteroatoms. The van der Waals surface area contributed by atoms with Crippen molar-refractivity contribution in [1.29, 1.82) is 0 Å². The molecule has 3 rings (SSSR count). The smallest absolute Gasteiger partial charge is 0.264 e. The third-order valence-corrected chi connectivity index (χ3v) is 8.69. The molecule has 41 heavy (non-hydrogen) atoms. The quantitative estimate of drug-likeness (QED) is 0.264. The number of carbonyl (C=O) groups excluding carboxylic acids is 2. The van der Waals surface area contributed by atoms with Crippen LogP contribution >= 0.6 is 0 Å². The second-order valence-corrected chi connectivity index (χ2v) is 11.9. The zero-order valence-electron chi connectivity index (χ0n) is 24.6. The van der Waals surface area contributed by atoms with Crippen LogP contribution in [-0.2, 0) is 26.2 Å². The zero-order valence-corrected chi connectivity index (χ0v) is 25.4. The van der Waals surface area contributed by atoms with Gasteiger partial charge in [-0.2, -0.15) is 0 Å². The van der Waals surface area contributed by atoms with Crippen LogP contribution < -0.4 is 14.4 Å². The molecule has 3 aromatic rings. The normalized spacial score (nSPS) is 11.9. The van der Waals surface area contributed by atoms with Crippen molar-refractivity contribution in [2.24, 2.45) is 0 Å². The first-order valence-electron chi connectivity index (χ1n) is 14.0. The Morgan fingerprint density at radius 1 is 0.927 bits per heavy atom. The van der Waals surface area contributed by atoms with Gasteiger partial charge in [0, 0.05) is 13.1 Å². The molecule has 8 nitrogen and oxygen atoms in total. The number of ether oxygens (including phenoxy) is 1. The van der Waals surface area contributed by atoms with E-state index < -0.39 is 28.5 Å². The van der Waals surface area contributed by atoms with E-state index in [9.17, 15) is 18.0 Å². The molecule has 0 unspecified atom stereocenters. The summed E-state index contributed by atoms with van der Waals surface area (Å²) in [4.78, 5) is 28.7. The van der Waals surface area contributed by atoms with Gasteiger partial charge in [0.05, 0.1) is 17.2 Å². The maximum Gasteiger partial charge on any atom is 0.264 e. The molecule has 0 bridgehead atoms. The van der Waals surface area contributed by atoms with Crippen molar-refractivity contribution >= 4 is 27.5 Å². The van der Waals surface area contributed by atoms with Crippen molar-refractivity contribution in [3.8, 4) is 5.75 Å². The second kappa shape index (κ2) is 14.7. The van der Waals surface area contributed by atoms with Gasteiger partial charge in [0.1, 0.15) is 18.3 Å². The molecule has 0 aliphatic rings. The molecule has 1 N–H and O–H groups in total. The number of nitrogens with one attached hydrogen (secondary N) is 1. The summed E-state index contributed by atoms with van der Waals surface area (Å²) < 4.78 is 35.0. The van der Waals surface area contributed by atoms with E-state index in [1.54, 1.807) is 43.3 Å². The van der Waals surface area contributed by atoms with Crippen LogP contribution in [0.5, 0.6) is 5.75 Å². The Hall–Kier alpha value is -3.85. The zero-order chi connectivity index (χ0) is 30.0. The van der Waals surface area contributed by atoms with Crippen LogP contribution in [0.1, 0.15) is 50.3 Å². The summed E-state index contributed by atoms with van der Waals surface area (Å²) in [6.45, 7) is 9.78. The van der Waals surface area contributed by atoms with Crippen LogP contribution in [0.2, 0.25) is 0 Å². The number of benzene rings is 3. The first kappa shape index (κ1) is 31.7. The number of rotatable bonds is 14. The van der Waals surface area contributed by atoms with E-state index >= 15 is 0 Å². The number of para-hydroxylation sites is 2. The lowest BCUT2D eigenvalue weighted by Gasteiger charge is -2.32. The number of amides is 2. The number of nitrogens with zero attached hydrogens (tertiary/aromatic N) is 2. The van der Waals surface area contributed by atoms with Gasteiger partial charge in [-0.25, -0.2) is 8.42 Å². The average molecular weight is 580 g/mol. The molecule has 0 saturated carbocycles. The van der Waals surface area contributed by atoms with Gasteiger partial charge in [0.15, 0.2) is 0 Å². The highest BCUT2D eigenvalue weighted by Crippen LogP contribution is 2.33. The van der Waals surface area contributed by atoms with Crippen LogP contribution in [0.25, 0.3) is 0 Å². The van der Waals surface area contributed by atoms with Gasteiger partial charge in [-0.1, -0.05) is 67.4 Å². The number of hydrogen-bond donors (Lipinski definition) is 1. The summed E-state index contributed by atoms with van der Waals surface area (Å²) >= 11 is 0. The Morgan fingerprint density at radius 2 is 1.59 bits per heavy atom. The molecule has 0 spiro atoms. The highest BCUT2D eigenvalue weighted by Gasteiger charge is 2.33. The lowest BCUT2D eigenvalue weighted by molar-refractivity contribution is -0.139. The Morgan fingerprint density at radius 3 is 2.24 bits per heavy atom. The molecule has 0 aromatic heterocycles. The second-order valence-electron chi connectivity index (χ2n) is 9.99. The van der Waals surface area contributed by atoms with Crippen molar-refractivity contribution in [2.75, 3.05) is 24.0 Å². The van der Waals surface area contributed by atoms with E-state index in [1.807, 2.05) is 52.0 Å². The van der Waals surface area contributed by atoms with Gasteiger partial charge in [0.2, 0.25) is 11.8 Å². The van der Waals surface area contributed by atoms with Crippen LogP contribution in [-0.4, -0.2) is 50.9 Å². The molecule has 3 aromatic carbocycles. The Bertz CT molecular complexity index is 1420. The van der Waals surface area contributed by atoms with Crippen molar-refractivity contribution < 1.29 is 22.7 Å². The third-order valence-electron chi connectivity index (χ3n) is 6.92. The molecule has 220 valence electrons. The van der Waals surface area contributed by atoms with Gasteiger partial charge in [0.25, 0.3) is 10.0 Å². The predicted octanol–water partition coefficient (Wildman–Crippen LogP) is 5.23. The summed E-state index contributed by atoms with van der Waals surface area (Å²) in [6.07, 6.45) is 1.74. The molecule has 0 saturated heterocycles. The minimum Gasteiger partial charge on any atom is -0.492 e. The fraction of sp³-hybridized carbons (Fsp3) is 0.375. The average Bonchev–Trinajstić information content (AvgIpc) is 2.96. The standard InChI is InChI=1S/C32H41N3O5S/c1-6-8-21-33-32(37)26(5)34(22-27-14-10-9-13-25(27)4)31(36)23-35(29-15-11-12-16-30(29)40-7-2)41(38,39)28-19-17-24(3)18-20-28/h9-20,26H,6-8,21-23H2,1-5H3,(H,33,37)/t26-/m1/s1. The maximum absolute atomic E-state index is 14.1. The maximum atomic E-state index is 14.1. The van der Waals surface area contributed by atoms with Gasteiger partial charge in [-0.05, 0) is 69.5 Å². The van der Waals surface area contributed by atoms with E-state index in [4.69, 9.17) is 4.74 Å². The summed E-state index contributed by atoms with van der Waals surface area (Å²) in [5, 5.41) is 2.91. The van der Waals surface area contributed by atoms with Crippen molar-refractivity contribution in [2.45, 2.75) is 64.9 Å². The van der Waals surface area contributed by atoms with E-state index in [0.717, 1.165) is 33.8 Å². The van der Waals surface area contributed by atoms with Crippen molar-refractivity contribution in [1.82, 2.24) is 10.2 Å². The van der Waals surface area contributed by atoms with Crippen molar-refractivity contribution in [3.63, 3.8) is 0 Å². The molecule has 0 radical (unpaired) electrons. The van der Waals surface area contributed by atoms with Crippen LogP contribution in [0.15, 0.2) is 77.7 Å². The predicted molar refractivity (Wildman–Crippen MR) is 162 cm³/mol. The first-order valence-corrected chi connectivity index (χ1v) is 15.5. The lowest BCUT2D eigenvalue weighted by Crippen LogP contribution is -2.51. The molecule has 1 atom stereocenters. The van der Waals surface area contributed by atoms with Gasteiger partial charge in [-0.15, -0.1) is 0 Å². The number of hydrogen-bond acceptors (Lipinski definition) is 5. The minimum atomic E-state index is -4.18. The van der Waals surface area contributed by atoms with Gasteiger partial charge < -0.3 is 15.0 Å². The van der Waals surface area contributed by atoms with E-state index in [0.29, 0.717) is 18.9 Å². The first-order chi connectivity index (χ1) is 19.6. The Kier molecular flexibility index (Phi) is 11.3. The fourth-order valence-electron chi connectivity index (χ4n) is 4.38. The largest absolute Gasteiger partial charge is 0.492 e. The summed E-state index contributed by atoms with van der Waals surface area (Å²) in [7, 11) is -4.18. The van der Waals surface area contributed by atoms with E-state index in [-0.39, 0.29) is 23.0 Å². The monoisotopic (exact) mass is 579 g/mol. The van der Waals surface area contributed by atoms with Crippen LogP contribution in [0.4, 0.5) is 5.69 Å². The van der Waals surface area contributed by atoms with E-state index in [2.05, 4.69) is 5.32 Å².